The maximum absolute atomic E-state index is 15.5. The quantitative estimate of drug-likeness (QED) is 0.389. The van der Waals surface area contributed by atoms with E-state index in [1.54, 1.807) is 13.8 Å². The molecule has 38 heavy (non-hydrogen) atoms. The molecule has 2 heterocycles. The highest BCUT2D eigenvalue weighted by atomic mass is 19.3. The second-order valence-electron chi connectivity index (χ2n) is 11.6. The second kappa shape index (κ2) is 9.09. The number of anilines is 2. The molecule has 0 amide bonds. The Morgan fingerprint density at radius 3 is 2.53 bits per heavy atom. The molecule has 204 valence electrons. The molecule has 1 aliphatic carbocycles. The molecular formula is C29H35F3N4O2. The fraction of sp³-hybridized carbons (Fsp3) is 0.517. The van der Waals surface area contributed by atoms with E-state index in [4.69, 9.17) is 4.98 Å². The summed E-state index contributed by atoms with van der Waals surface area (Å²) < 4.78 is 45.2. The van der Waals surface area contributed by atoms with E-state index in [2.05, 4.69) is 15.2 Å². The van der Waals surface area contributed by atoms with Crippen LogP contribution in [0, 0.1) is 12.7 Å². The van der Waals surface area contributed by atoms with E-state index in [0.717, 1.165) is 62.3 Å². The fourth-order valence-electron chi connectivity index (χ4n) is 5.74. The van der Waals surface area contributed by atoms with Gasteiger partial charge in [-0.1, -0.05) is 12.1 Å². The number of aliphatic hydroxyl groups is 2. The monoisotopic (exact) mass is 528 g/mol. The van der Waals surface area contributed by atoms with Crippen molar-refractivity contribution in [2.75, 3.05) is 23.3 Å². The number of aryl methyl sites for hydroxylation is 2. The Kier molecular flexibility index (Phi) is 6.38. The van der Waals surface area contributed by atoms with Crippen LogP contribution in [-0.4, -0.2) is 44.5 Å². The molecule has 2 aliphatic rings. The molecule has 1 aromatic heterocycles. The number of rotatable bonds is 6. The van der Waals surface area contributed by atoms with E-state index in [9.17, 15) is 19.0 Å². The third-order valence-electron chi connectivity index (χ3n) is 7.90. The molecule has 2 unspecified atom stereocenters. The molecule has 0 spiro atoms. The second-order valence-corrected chi connectivity index (χ2v) is 11.6. The van der Waals surface area contributed by atoms with Gasteiger partial charge in [0, 0.05) is 29.7 Å². The summed E-state index contributed by atoms with van der Waals surface area (Å²) in [5, 5.41) is 24.6. The summed E-state index contributed by atoms with van der Waals surface area (Å²) in [5.41, 5.74) is 0.339. The van der Waals surface area contributed by atoms with Gasteiger partial charge in [0.1, 0.15) is 23.1 Å². The van der Waals surface area contributed by atoms with Gasteiger partial charge in [0.2, 0.25) is 0 Å². The first-order valence-corrected chi connectivity index (χ1v) is 13.2. The molecule has 9 heteroatoms. The zero-order valence-electron chi connectivity index (χ0n) is 22.5. The maximum atomic E-state index is 15.5. The van der Waals surface area contributed by atoms with E-state index in [0.29, 0.717) is 24.6 Å². The van der Waals surface area contributed by atoms with Crippen molar-refractivity contribution < 1.29 is 23.4 Å². The van der Waals surface area contributed by atoms with Gasteiger partial charge < -0.3 is 20.4 Å². The SMILES string of the molecule is Cc1nc(NC(C)c2cccc(C(F)(F)C(C)(C)O)c2F)c2cc(N3CCC(C)(O)C3)c3c(c2n1)CCC3. The lowest BCUT2D eigenvalue weighted by molar-refractivity contribution is -0.170. The van der Waals surface area contributed by atoms with Crippen LogP contribution in [0.4, 0.5) is 24.7 Å². The number of nitrogens with one attached hydrogen (secondary N) is 1. The molecule has 1 fully saturated rings. The lowest BCUT2D eigenvalue weighted by Gasteiger charge is -2.30. The standard InChI is InChI=1S/C29H35F3N4O2/c1-16(18-8-7-11-22(24(18)30)29(31,32)27(3,4)37)33-26-21-14-23(36-13-12-28(5,38)15-36)19-9-6-10-20(19)25(21)34-17(2)35-26/h7-8,11,14,16,37-38H,6,9-10,12-13,15H2,1-5H3,(H,33,34,35). The van der Waals surface area contributed by atoms with Crippen molar-refractivity contribution in [2.24, 2.45) is 0 Å². The van der Waals surface area contributed by atoms with E-state index >= 15 is 4.39 Å². The molecule has 3 N–H and O–H groups in total. The minimum atomic E-state index is -3.78. The number of fused-ring (bicyclic) bond motifs is 3. The first-order valence-electron chi connectivity index (χ1n) is 13.2. The van der Waals surface area contributed by atoms with Crippen LogP contribution in [0.25, 0.3) is 10.9 Å². The highest BCUT2D eigenvalue weighted by Gasteiger charge is 2.49. The lowest BCUT2D eigenvalue weighted by Crippen LogP contribution is -2.41. The molecule has 6 nitrogen and oxygen atoms in total. The molecule has 2 atom stereocenters. The van der Waals surface area contributed by atoms with Crippen molar-refractivity contribution in [1.29, 1.82) is 0 Å². The third kappa shape index (κ3) is 4.49. The number of nitrogens with zero attached hydrogens (tertiary/aromatic N) is 3. The van der Waals surface area contributed by atoms with E-state index in [1.165, 1.54) is 23.3 Å². The van der Waals surface area contributed by atoms with Crippen LogP contribution in [0.2, 0.25) is 0 Å². The molecule has 0 saturated carbocycles. The number of halogens is 3. The number of hydrogen-bond acceptors (Lipinski definition) is 6. The van der Waals surface area contributed by atoms with Crippen molar-refractivity contribution >= 4 is 22.4 Å². The topological polar surface area (TPSA) is 81.5 Å². The molecule has 0 bridgehead atoms. The Morgan fingerprint density at radius 1 is 1.16 bits per heavy atom. The number of alkyl halides is 2. The highest BCUT2D eigenvalue weighted by Crippen LogP contribution is 2.43. The van der Waals surface area contributed by atoms with Gasteiger partial charge in [-0.2, -0.15) is 8.78 Å². The zero-order chi connectivity index (χ0) is 27.6. The predicted molar refractivity (Wildman–Crippen MR) is 142 cm³/mol. The maximum Gasteiger partial charge on any atom is 0.303 e. The van der Waals surface area contributed by atoms with Gasteiger partial charge in [0.05, 0.1) is 22.7 Å². The van der Waals surface area contributed by atoms with Crippen molar-refractivity contribution in [1.82, 2.24) is 9.97 Å². The van der Waals surface area contributed by atoms with Crippen molar-refractivity contribution in [2.45, 2.75) is 83.5 Å². The van der Waals surface area contributed by atoms with Gasteiger partial charge >= 0.3 is 5.92 Å². The zero-order valence-corrected chi connectivity index (χ0v) is 22.5. The number of aromatic nitrogens is 2. The molecule has 3 aromatic rings. The smallest absolute Gasteiger partial charge is 0.303 e. The summed E-state index contributed by atoms with van der Waals surface area (Å²) in [5.74, 6) is -3.78. The predicted octanol–water partition coefficient (Wildman–Crippen LogP) is 5.56. The van der Waals surface area contributed by atoms with Gasteiger partial charge in [-0.3, -0.25) is 0 Å². The Labute approximate surface area is 220 Å². The van der Waals surface area contributed by atoms with Gasteiger partial charge in [0.25, 0.3) is 0 Å². The largest absolute Gasteiger partial charge is 0.388 e. The summed E-state index contributed by atoms with van der Waals surface area (Å²) in [6, 6.07) is 5.19. The Hall–Kier alpha value is -2.91. The number of β-amino-alcohol motifs (C(OH)–C–C–N with tert-alkyl or cyclic N) is 1. The average molecular weight is 529 g/mol. The first-order chi connectivity index (χ1) is 17.7. The van der Waals surface area contributed by atoms with Gasteiger partial charge in [-0.25, -0.2) is 14.4 Å². The summed E-state index contributed by atoms with van der Waals surface area (Å²) in [6.45, 7) is 8.54. The molecule has 5 rings (SSSR count). The van der Waals surface area contributed by atoms with Crippen molar-refractivity contribution in [3.8, 4) is 0 Å². The van der Waals surface area contributed by atoms with Crippen LogP contribution in [0.1, 0.15) is 74.7 Å². The minimum absolute atomic E-state index is 0.0489. The van der Waals surface area contributed by atoms with Crippen molar-refractivity contribution in [3.05, 3.63) is 58.2 Å². The van der Waals surface area contributed by atoms with Gasteiger partial charge in [-0.15, -0.1) is 0 Å². The van der Waals surface area contributed by atoms with Crippen LogP contribution in [0.3, 0.4) is 0 Å². The van der Waals surface area contributed by atoms with Crippen LogP contribution >= 0.6 is 0 Å². The first kappa shape index (κ1) is 26.7. The molecule has 2 aromatic carbocycles. The van der Waals surface area contributed by atoms with Gasteiger partial charge in [-0.05, 0) is 83.6 Å². The third-order valence-corrected chi connectivity index (χ3v) is 7.90. The summed E-state index contributed by atoms with van der Waals surface area (Å²) in [7, 11) is 0. The number of hydrogen-bond donors (Lipinski definition) is 3. The minimum Gasteiger partial charge on any atom is -0.388 e. The normalized spacial score (nSPS) is 20.7. The van der Waals surface area contributed by atoms with E-state index in [-0.39, 0.29) is 5.56 Å². The van der Waals surface area contributed by atoms with Crippen LogP contribution < -0.4 is 10.2 Å². The Bertz CT molecular complexity index is 1400. The Balaban J connectivity index is 1.58. The van der Waals surface area contributed by atoms with Crippen LogP contribution in [0.15, 0.2) is 24.3 Å². The van der Waals surface area contributed by atoms with E-state index < -0.39 is 34.5 Å². The molecule has 0 radical (unpaired) electrons. The molecular weight excluding hydrogens is 493 g/mol. The Morgan fingerprint density at radius 2 is 1.87 bits per heavy atom. The van der Waals surface area contributed by atoms with Crippen molar-refractivity contribution in [3.63, 3.8) is 0 Å². The molecule has 1 aliphatic heterocycles. The van der Waals surface area contributed by atoms with E-state index in [1.807, 2.05) is 13.0 Å². The average Bonchev–Trinajstić information content (AvgIpc) is 3.44. The van der Waals surface area contributed by atoms with Crippen LogP contribution in [-0.2, 0) is 18.8 Å². The lowest BCUT2D eigenvalue weighted by atomic mass is 9.91. The summed E-state index contributed by atoms with van der Waals surface area (Å²) in [4.78, 5) is 11.6. The summed E-state index contributed by atoms with van der Waals surface area (Å²) in [6.07, 6.45) is 3.52. The fourth-order valence-corrected chi connectivity index (χ4v) is 5.74. The number of benzene rings is 2. The molecule has 1 saturated heterocycles. The highest BCUT2D eigenvalue weighted by molar-refractivity contribution is 5.96. The summed E-state index contributed by atoms with van der Waals surface area (Å²) >= 11 is 0. The van der Waals surface area contributed by atoms with Crippen LogP contribution in [0.5, 0.6) is 0 Å². The van der Waals surface area contributed by atoms with Gasteiger partial charge in [0.15, 0.2) is 0 Å².